The molecule has 2 aromatic carbocycles. The average molecular weight is 477 g/mol. The van der Waals surface area contributed by atoms with Gasteiger partial charge in [-0.1, -0.05) is 72.9 Å². The van der Waals surface area contributed by atoms with Crippen molar-refractivity contribution in [3.8, 4) is 22.9 Å². The van der Waals surface area contributed by atoms with Crippen LogP contribution in [0.25, 0.3) is 22.3 Å². The van der Waals surface area contributed by atoms with Crippen molar-refractivity contribution in [2.24, 2.45) is 0 Å². The predicted molar refractivity (Wildman–Crippen MR) is 128 cm³/mol. The van der Waals surface area contributed by atoms with Gasteiger partial charge in [-0.15, -0.1) is 0 Å². The molecule has 1 aliphatic carbocycles. The Kier molecular flexibility index (Phi) is 5.70. The molecule has 0 bridgehead atoms. The number of fused-ring (bicyclic) bond motifs is 2. The van der Waals surface area contributed by atoms with Gasteiger partial charge in [-0.25, -0.2) is 4.98 Å². The molecule has 0 amide bonds. The minimum atomic E-state index is -0.0341. The summed E-state index contributed by atoms with van der Waals surface area (Å²) in [5.74, 6) is 2.69. The summed E-state index contributed by atoms with van der Waals surface area (Å²) in [6, 6.07) is 13.4. The van der Waals surface area contributed by atoms with E-state index >= 15 is 0 Å². The first kappa shape index (κ1) is 21.2. The maximum absolute atomic E-state index is 13.7. The first-order chi connectivity index (χ1) is 16.8. The average Bonchev–Trinajstić information content (AvgIpc) is 3.45. The SMILES string of the molecule is O=c1c2cc3c(cc2nc(SCc2nc(-c4ccccc4)no2)n1C1CCCCCC1)OCO3. The standard InChI is InChI=1S/C25H24N4O4S/c30-24-18-12-20-21(32-15-31-20)13-19(18)26-25(29(24)17-10-6-1-2-7-11-17)34-14-22-27-23(28-33-22)16-8-4-3-5-9-16/h3-5,8-9,12-13,17H,1-2,6-7,10-11,14-15H2. The molecule has 2 aliphatic rings. The zero-order valence-electron chi connectivity index (χ0n) is 18.6. The molecule has 0 unspecified atom stereocenters. The summed E-state index contributed by atoms with van der Waals surface area (Å²) in [5.41, 5.74) is 1.48. The number of hydrogen-bond acceptors (Lipinski definition) is 8. The van der Waals surface area contributed by atoms with E-state index in [0.717, 1.165) is 31.2 Å². The molecule has 174 valence electrons. The van der Waals surface area contributed by atoms with Crippen LogP contribution in [-0.4, -0.2) is 26.5 Å². The number of rotatable bonds is 5. The lowest BCUT2D eigenvalue weighted by atomic mass is 10.1. The molecular formula is C25H24N4O4S. The first-order valence-corrected chi connectivity index (χ1v) is 12.6. The van der Waals surface area contributed by atoms with Crippen molar-refractivity contribution in [1.29, 1.82) is 0 Å². The Morgan fingerprint density at radius 2 is 1.74 bits per heavy atom. The summed E-state index contributed by atoms with van der Waals surface area (Å²) in [5, 5.41) is 5.34. The molecule has 0 spiro atoms. The van der Waals surface area contributed by atoms with E-state index in [1.54, 1.807) is 12.1 Å². The lowest BCUT2D eigenvalue weighted by Gasteiger charge is -2.21. The Labute approximate surface area is 200 Å². The van der Waals surface area contributed by atoms with Gasteiger partial charge in [0.25, 0.3) is 5.56 Å². The molecule has 0 saturated heterocycles. The molecule has 3 heterocycles. The number of benzene rings is 2. The molecular weight excluding hydrogens is 452 g/mol. The van der Waals surface area contributed by atoms with E-state index in [0.29, 0.717) is 45.0 Å². The summed E-state index contributed by atoms with van der Waals surface area (Å²) in [7, 11) is 0. The third kappa shape index (κ3) is 4.04. The quantitative estimate of drug-likeness (QED) is 0.216. The van der Waals surface area contributed by atoms with Gasteiger partial charge < -0.3 is 14.0 Å². The van der Waals surface area contributed by atoms with Gasteiger partial charge in [-0.3, -0.25) is 9.36 Å². The van der Waals surface area contributed by atoms with Gasteiger partial charge >= 0.3 is 0 Å². The number of nitrogens with zero attached hydrogens (tertiary/aromatic N) is 4. The molecule has 1 fully saturated rings. The van der Waals surface area contributed by atoms with E-state index < -0.39 is 0 Å². The molecule has 6 rings (SSSR count). The van der Waals surface area contributed by atoms with Crippen LogP contribution in [0.15, 0.2) is 56.9 Å². The third-order valence-electron chi connectivity index (χ3n) is 6.38. The molecule has 2 aromatic heterocycles. The zero-order chi connectivity index (χ0) is 22.9. The number of hydrogen-bond donors (Lipinski definition) is 0. The first-order valence-electron chi connectivity index (χ1n) is 11.6. The molecule has 0 radical (unpaired) electrons. The Hall–Kier alpha value is -3.33. The van der Waals surface area contributed by atoms with Gasteiger partial charge in [-0.2, -0.15) is 4.98 Å². The van der Waals surface area contributed by atoms with Crippen LogP contribution in [0.4, 0.5) is 0 Å². The van der Waals surface area contributed by atoms with Gasteiger partial charge in [0.1, 0.15) is 0 Å². The van der Waals surface area contributed by atoms with E-state index in [1.165, 1.54) is 24.6 Å². The second-order valence-electron chi connectivity index (χ2n) is 8.60. The van der Waals surface area contributed by atoms with Crippen molar-refractivity contribution in [2.45, 2.75) is 55.5 Å². The minimum Gasteiger partial charge on any atom is -0.454 e. The molecule has 4 aromatic rings. The Morgan fingerprint density at radius 3 is 2.53 bits per heavy atom. The summed E-state index contributed by atoms with van der Waals surface area (Å²) in [6.07, 6.45) is 6.60. The minimum absolute atomic E-state index is 0.0341. The monoisotopic (exact) mass is 476 g/mol. The smallest absolute Gasteiger partial charge is 0.262 e. The van der Waals surface area contributed by atoms with E-state index in [-0.39, 0.29) is 18.4 Å². The Bertz CT molecular complexity index is 1380. The largest absolute Gasteiger partial charge is 0.454 e. The van der Waals surface area contributed by atoms with Crippen LogP contribution in [0.5, 0.6) is 11.5 Å². The maximum atomic E-state index is 13.7. The topological polar surface area (TPSA) is 92.3 Å². The summed E-state index contributed by atoms with van der Waals surface area (Å²) in [4.78, 5) is 23.2. The molecule has 8 nitrogen and oxygen atoms in total. The number of ether oxygens (including phenoxy) is 2. The van der Waals surface area contributed by atoms with E-state index in [1.807, 2.05) is 34.9 Å². The van der Waals surface area contributed by atoms with Gasteiger partial charge in [0.05, 0.1) is 16.7 Å². The van der Waals surface area contributed by atoms with E-state index in [2.05, 4.69) is 10.1 Å². The van der Waals surface area contributed by atoms with Crippen molar-refractivity contribution in [3.63, 3.8) is 0 Å². The lowest BCUT2D eigenvalue weighted by Crippen LogP contribution is -2.27. The summed E-state index contributed by atoms with van der Waals surface area (Å²) < 4.78 is 18.4. The fourth-order valence-electron chi connectivity index (χ4n) is 4.65. The van der Waals surface area contributed by atoms with Crippen LogP contribution in [-0.2, 0) is 5.75 Å². The van der Waals surface area contributed by atoms with Gasteiger partial charge in [0.2, 0.25) is 18.5 Å². The van der Waals surface area contributed by atoms with Crippen molar-refractivity contribution in [1.82, 2.24) is 19.7 Å². The molecule has 1 aliphatic heterocycles. The maximum Gasteiger partial charge on any atom is 0.262 e. The normalized spacial score (nSPS) is 16.1. The van der Waals surface area contributed by atoms with E-state index in [4.69, 9.17) is 19.0 Å². The van der Waals surface area contributed by atoms with Crippen LogP contribution in [0.1, 0.15) is 50.5 Å². The van der Waals surface area contributed by atoms with Crippen LogP contribution < -0.4 is 15.0 Å². The second kappa shape index (κ2) is 9.13. The van der Waals surface area contributed by atoms with Gasteiger partial charge in [-0.05, 0) is 18.9 Å². The Balaban J connectivity index is 1.36. The Morgan fingerprint density at radius 1 is 0.971 bits per heavy atom. The second-order valence-corrected chi connectivity index (χ2v) is 9.55. The molecule has 0 N–H and O–H groups in total. The highest BCUT2D eigenvalue weighted by Crippen LogP contribution is 2.37. The van der Waals surface area contributed by atoms with Crippen molar-refractivity contribution in [2.75, 3.05) is 6.79 Å². The van der Waals surface area contributed by atoms with Crippen molar-refractivity contribution >= 4 is 22.7 Å². The summed E-state index contributed by atoms with van der Waals surface area (Å²) >= 11 is 1.45. The molecule has 1 saturated carbocycles. The van der Waals surface area contributed by atoms with Gasteiger partial charge in [0.15, 0.2) is 16.7 Å². The van der Waals surface area contributed by atoms with Gasteiger partial charge in [0, 0.05) is 17.7 Å². The highest BCUT2D eigenvalue weighted by molar-refractivity contribution is 7.98. The van der Waals surface area contributed by atoms with Crippen LogP contribution >= 0.6 is 11.8 Å². The predicted octanol–water partition coefficient (Wildman–Crippen LogP) is 5.36. The highest BCUT2D eigenvalue weighted by Gasteiger charge is 2.24. The van der Waals surface area contributed by atoms with Crippen LogP contribution in [0.3, 0.4) is 0 Å². The zero-order valence-corrected chi connectivity index (χ0v) is 19.4. The lowest BCUT2D eigenvalue weighted by molar-refractivity contribution is 0.174. The van der Waals surface area contributed by atoms with E-state index in [9.17, 15) is 4.79 Å². The third-order valence-corrected chi connectivity index (χ3v) is 7.31. The fraction of sp³-hybridized carbons (Fsp3) is 0.360. The number of thioether (sulfide) groups is 1. The molecule has 0 atom stereocenters. The van der Waals surface area contributed by atoms with Crippen molar-refractivity contribution in [3.05, 3.63) is 58.7 Å². The van der Waals surface area contributed by atoms with Crippen molar-refractivity contribution < 1.29 is 14.0 Å². The summed E-state index contributed by atoms with van der Waals surface area (Å²) in [6.45, 7) is 0.158. The highest BCUT2D eigenvalue weighted by atomic mass is 32.2. The molecule has 34 heavy (non-hydrogen) atoms. The van der Waals surface area contributed by atoms with Crippen LogP contribution in [0, 0.1) is 0 Å². The number of aromatic nitrogens is 4. The molecule has 9 heteroatoms. The van der Waals surface area contributed by atoms with Crippen LogP contribution in [0.2, 0.25) is 0 Å². The fourth-order valence-corrected chi connectivity index (χ4v) is 5.56.